The summed E-state index contributed by atoms with van der Waals surface area (Å²) < 4.78 is 27.5. The third-order valence-corrected chi connectivity index (χ3v) is 5.41. The van der Waals surface area contributed by atoms with Crippen molar-refractivity contribution in [3.8, 4) is 0 Å². The molecule has 0 bridgehead atoms. The number of likely N-dealkylation sites (tertiary alicyclic amines) is 1. The number of hydrogen-bond donors (Lipinski definition) is 1. The minimum atomic E-state index is -3.78. The minimum absolute atomic E-state index is 0.0693. The highest BCUT2D eigenvalue weighted by molar-refractivity contribution is 7.89. The summed E-state index contributed by atoms with van der Waals surface area (Å²) in [5, 5.41) is 0.342. The van der Waals surface area contributed by atoms with Gasteiger partial charge < -0.3 is 4.90 Å². The fourth-order valence-electron chi connectivity index (χ4n) is 2.48. The van der Waals surface area contributed by atoms with E-state index in [4.69, 9.17) is 11.6 Å². The average molecular weight is 345 g/mol. The second-order valence-corrected chi connectivity index (χ2v) is 7.98. The maximum Gasteiger partial charge on any atom is 0.241 e. The Bertz CT molecular complexity index is 640. The Hall–Kier alpha value is -1.11. The molecule has 1 aromatic rings. The highest BCUT2D eigenvalue weighted by Gasteiger charge is 2.32. The monoisotopic (exact) mass is 344 g/mol. The van der Waals surface area contributed by atoms with E-state index in [-0.39, 0.29) is 16.7 Å². The van der Waals surface area contributed by atoms with Crippen LogP contribution in [0.15, 0.2) is 29.2 Å². The maximum atomic E-state index is 12.5. The Labute approximate surface area is 136 Å². The molecule has 2 rings (SSSR count). The molecule has 0 spiro atoms. The number of benzene rings is 1. The van der Waals surface area contributed by atoms with Crippen LogP contribution in [0, 0.1) is 5.92 Å². The molecule has 1 fully saturated rings. The van der Waals surface area contributed by atoms with E-state index in [0.29, 0.717) is 18.1 Å². The topological polar surface area (TPSA) is 66.5 Å². The Balaban J connectivity index is 2.21. The SMILES string of the molecule is CC(C)[C@H](NS(=O)(=O)c1cccc(Cl)c1)C(=O)N1CCCC1. The molecule has 1 atom stereocenters. The zero-order chi connectivity index (χ0) is 16.3. The molecule has 1 aromatic carbocycles. The fraction of sp³-hybridized carbons (Fsp3) is 0.533. The molecule has 0 radical (unpaired) electrons. The van der Waals surface area contributed by atoms with Crippen molar-refractivity contribution in [3.05, 3.63) is 29.3 Å². The lowest BCUT2D eigenvalue weighted by Crippen LogP contribution is -2.50. The quantitative estimate of drug-likeness (QED) is 0.891. The van der Waals surface area contributed by atoms with Crippen LogP contribution in [0.25, 0.3) is 0 Å². The van der Waals surface area contributed by atoms with Gasteiger partial charge in [-0.25, -0.2) is 8.42 Å². The molecule has 1 aliphatic heterocycles. The summed E-state index contributed by atoms with van der Waals surface area (Å²) in [6, 6.07) is 5.26. The van der Waals surface area contributed by atoms with Crippen molar-refractivity contribution in [2.24, 2.45) is 5.92 Å². The average Bonchev–Trinajstić information content (AvgIpc) is 2.98. The van der Waals surface area contributed by atoms with E-state index in [1.165, 1.54) is 12.1 Å². The smallest absolute Gasteiger partial charge is 0.241 e. The molecule has 122 valence electrons. The number of amides is 1. The highest BCUT2D eigenvalue weighted by Crippen LogP contribution is 2.18. The van der Waals surface area contributed by atoms with Gasteiger partial charge in [0.05, 0.1) is 4.90 Å². The fourth-order valence-corrected chi connectivity index (χ4v) is 4.11. The number of sulfonamides is 1. The molecule has 1 N–H and O–H groups in total. The zero-order valence-electron chi connectivity index (χ0n) is 12.8. The molecule has 0 aliphatic carbocycles. The van der Waals surface area contributed by atoms with Crippen LogP contribution in [0.3, 0.4) is 0 Å². The number of rotatable bonds is 5. The van der Waals surface area contributed by atoms with Crippen LogP contribution in [0.5, 0.6) is 0 Å². The summed E-state index contributed by atoms with van der Waals surface area (Å²) in [6.07, 6.45) is 1.94. The normalized spacial score (nSPS) is 17.0. The molecular formula is C15H21ClN2O3S. The number of nitrogens with zero attached hydrogens (tertiary/aromatic N) is 1. The van der Waals surface area contributed by atoms with Gasteiger partial charge in [-0.1, -0.05) is 31.5 Å². The van der Waals surface area contributed by atoms with Gasteiger partial charge in [0.25, 0.3) is 0 Å². The van der Waals surface area contributed by atoms with Gasteiger partial charge in [0.1, 0.15) is 6.04 Å². The Kier molecular flexibility index (Phi) is 5.47. The van der Waals surface area contributed by atoms with E-state index < -0.39 is 16.1 Å². The molecule has 5 nitrogen and oxygen atoms in total. The van der Waals surface area contributed by atoms with E-state index in [2.05, 4.69) is 4.72 Å². The standard InChI is InChI=1S/C15H21ClN2O3S/c1-11(2)14(15(19)18-8-3-4-9-18)17-22(20,21)13-7-5-6-12(16)10-13/h5-7,10-11,14,17H,3-4,8-9H2,1-2H3/t14-/m0/s1. The molecule has 22 heavy (non-hydrogen) atoms. The summed E-state index contributed by atoms with van der Waals surface area (Å²) in [5.74, 6) is -0.292. The number of halogens is 1. The van der Waals surface area contributed by atoms with Gasteiger partial charge >= 0.3 is 0 Å². The number of nitrogens with one attached hydrogen (secondary N) is 1. The van der Waals surface area contributed by atoms with Crippen molar-refractivity contribution in [1.29, 1.82) is 0 Å². The first-order valence-electron chi connectivity index (χ1n) is 7.38. The van der Waals surface area contributed by atoms with Gasteiger partial charge in [0, 0.05) is 18.1 Å². The first kappa shape index (κ1) is 17.2. The summed E-state index contributed by atoms with van der Waals surface area (Å²) >= 11 is 5.85. The van der Waals surface area contributed by atoms with Crippen LogP contribution < -0.4 is 4.72 Å². The van der Waals surface area contributed by atoms with Crippen LogP contribution >= 0.6 is 11.6 Å². The van der Waals surface area contributed by atoms with Crippen molar-refractivity contribution in [2.75, 3.05) is 13.1 Å². The van der Waals surface area contributed by atoms with E-state index in [0.717, 1.165) is 12.8 Å². The lowest BCUT2D eigenvalue weighted by molar-refractivity contribution is -0.132. The van der Waals surface area contributed by atoms with Crippen molar-refractivity contribution in [2.45, 2.75) is 37.6 Å². The molecule has 1 amide bonds. The molecule has 0 saturated carbocycles. The molecule has 0 aromatic heterocycles. The van der Waals surface area contributed by atoms with Crippen LogP contribution in [-0.4, -0.2) is 38.4 Å². The summed E-state index contributed by atoms with van der Waals surface area (Å²) in [7, 11) is -3.78. The number of hydrogen-bond acceptors (Lipinski definition) is 3. The van der Waals surface area contributed by atoms with Crippen molar-refractivity contribution >= 4 is 27.5 Å². The predicted octanol–water partition coefficient (Wildman–Crippen LogP) is 2.27. The second kappa shape index (κ2) is 6.98. The first-order valence-corrected chi connectivity index (χ1v) is 9.24. The molecule has 1 saturated heterocycles. The van der Waals surface area contributed by atoms with Gasteiger partial charge in [-0.2, -0.15) is 4.72 Å². The third-order valence-electron chi connectivity index (χ3n) is 3.74. The molecule has 7 heteroatoms. The van der Waals surface area contributed by atoms with E-state index >= 15 is 0 Å². The van der Waals surface area contributed by atoms with Gasteiger partial charge in [-0.3, -0.25) is 4.79 Å². The Morgan fingerprint density at radius 3 is 2.45 bits per heavy atom. The maximum absolute atomic E-state index is 12.5. The predicted molar refractivity (Wildman–Crippen MR) is 86.2 cm³/mol. The third kappa shape index (κ3) is 4.00. The first-order chi connectivity index (χ1) is 10.3. The van der Waals surface area contributed by atoms with Crippen LogP contribution in [0.1, 0.15) is 26.7 Å². The van der Waals surface area contributed by atoms with E-state index in [9.17, 15) is 13.2 Å². The van der Waals surface area contributed by atoms with Gasteiger partial charge in [-0.15, -0.1) is 0 Å². The van der Waals surface area contributed by atoms with Crippen molar-refractivity contribution in [3.63, 3.8) is 0 Å². The number of carbonyl (C=O) groups excluding carboxylic acids is 1. The van der Waals surface area contributed by atoms with Gasteiger partial charge in [-0.05, 0) is 37.0 Å². The van der Waals surface area contributed by atoms with Crippen LogP contribution in [0.4, 0.5) is 0 Å². The van der Waals surface area contributed by atoms with E-state index in [1.807, 2.05) is 13.8 Å². The Morgan fingerprint density at radius 1 is 1.27 bits per heavy atom. The van der Waals surface area contributed by atoms with Crippen LogP contribution in [-0.2, 0) is 14.8 Å². The second-order valence-electron chi connectivity index (χ2n) is 5.83. The minimum Gasteiger partial charge on any atom is -0.341 e. The van der Waals surface area contributed by atoms with E-state index in [1.54, 1.807) is 17.0 Å². The summed E-state index contributed by atoms with van der Waals surface area (Å²) in [6.45, 7) is 5.06. The molecule has 1 heterocycles. The van der Waals surface area contributed by atoms with Crippen LogP contribution in [0.2, 0.25) is 5.02 Å². The molecule has 0 unspecified atom stereocenters. The van der Waals surface area contributed by atoms with Gasteiger partial charge in [0.2, 0.25) is 15.9 Å². The lowest BCUT2D eigenvalue weighted by atomic mass is 10.0. The van der Waals surface area contributed by atoms with Crippen molar-refractivity contribution in [1.82, 2.24) is 9.62 Å². The summed E-state index contributed by atoms with van der Waals surface area (Å²) in [4.78, 5) is 14.3. The lowest BCUT2D eigenvalue weighted by Gasteiger charge is -2.26. The summed E-state index contributed by atoms with van der Waals surface area (Å²) in [5.41, 5.74) is 0. The van der Waals surface area contributed by atoms with Gasteiger partial charge in [0.15, 0.2) is 0 Å². The molecular weight excluding hydrogens is 324 g/mol. The highest BCUT2D eigenvalue weighted by atomic mass is 35.5. The molecule has 1 aliphatic rings. The van der Waals surface area contributed by atoms with Crippen molar-refractivity contribution < 1.29 is 13.2 Å². The number of carbonyl (C=O) groups is 1. The largest absolute Gasteiger partial charge is 0.341 e. The Morgan fingerprint density at radius 2 is 1.91 bits per heavy atom. The zero-order valence-corrected chi connectivity index (χ0v) is 14.3.